The Bertz CT molecular complexity index is 473. The van der Waals surface area contributed by atoms with Crippen LogP contribution < -0.4 is 5.32 Å². The molecule has 1 N–H and O–H groups in total. The molecule has 0 aliphatic heterocycles. The zero-order chi connectivity index (χ0) is 12.3. The molecule has 1 heterocycles. The van der Waals surface area contributed by atoms with Crippen molar-refractivity contribution in [2.45, 2.75) is 19.5 Å². The molecule has 0 aliphatic carbocycles. The van der Waals surface area contributed by atoms with E-state index < -0.39 is 0 Å². The molecule has 2 aromatic rings. The summed E-state index contributed by atoms with van der Waals surface area (Å²) in [4.78, 5) is 0. The molecule has 0 aliphatic rings. The van der Waals surface area contributed by atoms with E-state index in [1.54, 1.807) is 0 Å². The largest absolute Gasteiger partial charge is 0.353 e. The quantitative estimate of drug-likeness (QED) is 0.857. The van der Waals surface area contributed by atoms with Crippen molar-refractivity contribution in [3.8, 4) is 0 Å². The Morgan fingerprint density at radius 2 is 1.94 bits per heavy atom. The maximum absolute atomic E-state index is 12.8. The van der Waals surface area contributed by atoms with Crippen molar-refractivity contribution >= 4 is 0 Å². The van der Waals surface area contributed by atoms with Gasteiger partial charge in [0.1, 0.15) is 5.82 Å². The number of aryl methyl sites for hydroxylation is 1. The first kappa shape index (κ1) is 11.9. The van der Waals surface area contributed by atoms with Gasteiger partial charge in [-0.3, -0.25) is 0 Å². The van der Waals surface area contributed by atoms with E-state index in [1.165, 1.54) is 17.8 Å². The van der Waals surface area contributed by atoms with Crippen LogP contribution in [0.4, 0.5) is 4.39 Å². The highest BCUT2D eigenvalue weighted by Crippen LogP contribution is 2.13. The van der Waals surface area contributed by atoms with Gasteiger partial charge in [-0.1, -0.05) is 12.1 Å². The van der Waals surface area contributed by atoms with Crippen LogP contribution in [0.1, 0.15) is 24.2 Å². The molecule has 90 valence electrons. The zero-order valence-corrected chi connectivity index (χ0v) is 10.2. The fourth-order valence-corrected chi connectivity index (χ4v) is 1.81. The molecule has 0 saturated carbocycles. The van der Waals surface area contributed by atoms with Gasteiger partial charge in [0, 0.05) is 31.5 Å². The predicted molar refractivity (Wildman–Crippen MR) is 67.1 cm³/mol. The third-order valence-electron chi connectivity index (χ3n) is 3.01. The molecule has 3 heteroatoms. The van der Waals surface area contributed by atoms with Gasteiger partial charge < -0.3 is 9.88 Å². The molecule has 0 amide bonds. The fraction of sp³-hybridized carbons (Fsp3) is 0.286. The lowest BCUT2D eigenvalue weighted by molar-refractivity contribution is 0.555. The van der Waals surface area contributed by atoms with Gasteiger partial charge >= 0.3 is 0 Å². The SMILES string of the molecule is C[C@@H](NCc1cccn1C)c1ccc(F)cc1. The van der Waals surface area contributed by atoms with Crippen LogP contribution in [0.2, 0.25) is 0 Å². The van der Waals surface area contributed by atoms with Gasteiger partial charge in [-0.05, 0) is 36.8 Å². The third-order valence-corrected chi connectivity index (χ3v) is 3.01. The second kappa shape index (κ2) is 5.15. The summed E-state index contributed by atoms with van der Waals surface area (Å²) in [6, 6.07) is 11.0. The summed E-state index contributed by atoms with van der Waals surface area (Å²) in [5.41, 5.74) is 2.33. The number of hydrogen-bond acceptors (Lipinski definition) is 1. The molecule has 1 aromatic carbocycles. The molecule has 2 nitrogen and oxygen atoms in total. The maximum Gasteiger partial charge on any atom is 0.123 e. The molecule has 1 aromatic heterocycles. The van der Waals surface area contributed by atoms with E-state index in [0.29, 0.717) is 0 Å². The lowest BCUT2D eigenvalue weighted by Gasteiger charge is -2.14. The minimum atomic E-state index is -0.191. The zero-order valence-electron chi connectivity index (χ0n) is 10.2. The molecular weight excluding hydrogens is 215 g/mol. The maximum atomic E-state index is 12.8. The fourth-order valence-electron chi connectivity index (χ4n) is 1.81. The Morgan fingerprint density at radius 3 is 2.53 bits per heavy atom. The second-order valence-corrected chi connectivity index (χ2v) is 4.26. The van der Waals surface area contributed by atoms with Crippen LogP contribution in [0.5, 0.6) is 0 Å². The van der Waals surface area contributed by atoms with E-state index >= 15 is 0 Å². The number of rotatable bonds is 4. The standard InChI is InChI=1S/C14H17FN2/c1-11(12-5-7-13(15)8-6-12)16-10-14-4-3-9-17(14)2/h3-9,11,16H,10H2,1-2H3/t11-/m1/s1. The van der Waals surface area contributed by atoms with Gasteiger partial charge in [0.2, 0.25) is 0 Å². The summed E-state index contributed by atoms with van der Waals surface area (Å²) in [6.07, 6.45) is 2.03. The van der Waals surface area contributed by atoms with Gasteiger partial charge in [0.15, 0.2) is 0 Å². The van der Waals surface area contributed by atoms with Crippen LogP contribution >= 0.6 is 0 Å². The van der Waals surface area contributed by atoms with Gasteiger partial charge in [-0.15, -0.1) is 0 Å². The highest BCUT2D eigenvalue weighted by Gasteiger charge is 2.05. The van der Waals surface area contributed by atoms with E-state index in [0.717, 1.165) is 12.1 Å². The van der Waals surface area contributed by atoms with Crippen LogP contribution in [0.15, 0.2) is 42.6 Å². The summed E-state index contributed by atoms with van der Waals surface area (Å²) >= 11 is 0. The first-order valence-corrected chi connectivity index (χ1v) is 5.76. The van der Waals surface area contributed by atoms with Crippen LogP contribution in [0, 0.1) is 5.82 Å². The first-order chi connectivity index (χ1) is 8.16. The van der Waals surface area contributed by atoms with Crippen molar-refractivity contribution in [2.24, 2.45) is 7.05 Å². The minimum Gasteiger partial charge on any atom is -0.353 e. The third kappa shape index (κ3) is 2.94. The molecule has 0 radical (unpaired) electrons. The van der Waals surface area contributed by atoms with Gasteiger partial charge in [0.05, 0.1) is 0 Å². The van der Waals surface area contributed by atoms with E-state index in [1.807, 2.05) is 31.4 Å². The van der Waals surface area contributed by atoms with Gasteiger partial charge in [0.25, 0.3) is 0 Å². The van der Waals surface area contributed by atoms with Crippen molar-refractivity contribution in [1.82, 2.24) is 9.88 Å². The normalized spacial score (nSPS) is 12.6. The predicted octanol–water partition coefficient (Wildman–Crippen LogP) is 3.02. The van der Waals surface area contributed by atoms with Crippen molar-refractivity contribution in [3.05, 3.63) is 59.7 Å². The molecule has 0 saturated heterocycles. The Labute approximate surface area is 101 Å². The first-order valence-electron chi connectivity index (χ1n) is 5.76. The Balaban J connectivity index is 1.95. The monoisotopic (exact) mass is 232 g/mol. The van der Waals surface area contributed by atoms with Crippen molar-refractivity contribution < 1.29 is 4.39 Å². The topological polar surface area (TPSA) is 17.0 Å². The highest BCUT2D eigenvalue weighted by molar-refractivity contribution is 5.19. The lowest BCUT2D eigenvalue weighted by Crippen LogP contribution is -2.19. The van der Waals surface area contributed by atoms with Gasteiger partial charge in [-0.2, -0.15) is 0 Å². The van der Waals surface area contributed by atoms with E-state index in [-0.39, 0.29) is 11.9 Å². The number of benzene rings is 1. The number of hydrogen-bond donors (Lipinski definition) is 1. The summed E-state index contributed by atoms with van der Waals surface area (Å²) in [6.45, 7) is 2.89. The van der Waals surface area contributed by atoms with Crippen LogP contribution in [0.3, 0.4) is 0 Å². The average Bonchev–Trinajstić information content (AvgIpc) is 2.73. The molecule has 0 spiro atoms. The Hall–Kier alpha value is -1.61. The number of aromatic nitrogens is 1. The number of nitrogens with one attached hydrogen (secondary N) is 1. The Morgan fingerprint density at radius 1 is 1.24 bits per heavy atom. The molecule has 1 atom stereocenters. The Kier molecular flexibility index (Phi) is 3.59. The van der Waals surface area contributed by atoms with E-state index in [4.69, 9.17) is 0 Å². The number of nitrogens with zero attached hydrogens (tertiary/aromatic N) is 1. The van der Waals surface area contributed by atoms with Crippen molar-refractivity contribution in [2.75, 3.05) is 0 Å². The molecular formula is C14H17FN2. The molecule has 17 heavy (non-hydrogen) atoms. The summed E-state index contributed by atoms with van der Waals surface area (Å²) < 4.78 is 14.9. The van der Waals surface area contributed by atoms with Crippen LogP contribution in [0.25, 0.3) is 0 Å². The molecule has 2 rings (SSSR count). The minimum absolute atomic E-state index is 0.191. The molecule has 0 unspecified atom stereocenters. The molecule has 0 bridgehead atoms. The van der Waals surface area contributed by atoms with Gasteiger partial charge in [-0.25, -0.2) is 4.39 Å². The smallest absolute Gasteiger partial charge is 0.123 e. The summed E-state index contributed by atoms with van der Waals surface area (Å²) in [7, 11) is 2.03. The average molecular weight is 232 g/mol. The number of halogens is 1. The van der Waals surface area contributed by atoms with Crippen LogP contribution in [-0.4, -0.2) is 4.57 Å². The highest BCUT2D eigenvalue weighted by atomic mass is 19.1. The van der Waals surface area contributed by atoms with Crippen LogP contribution in [-0.2, 0) is 13.6 Å². The van der Waals surface area contributed by atoms with E-state index in [9.17, 15) is 4.39 Å². The van der Waals surface area contributed by atoms with Crippen molar-refractivity contribution in [1.29, 1.82) is 0 Å². The molecule has 0 fully saturated rings. The summed E-state index contributed by atoms with van der Waals surface area (Å²) in [5, 5.41) is 3.42. The van der Waals surface area contributed by atoms with Crippen molar-refractivity contribution in [3.63, 3.8) is 0 Å². The second-order valence-electron chi connectivity index (χ2n) is 4.26. The summed E-state index contributed by atoms with van der Waals surface area (Å²) in [5.74, 6) is -0.191. The van der Waals surface area contributed by atoms with E-state index in [2.05, 4.69) is 22.9 Å². The lowest BCUT2D eigenvalue weighted by atomic mass is 10.1.